The van der Waals surface area contributed by atoms with Gasteiger partial charge in [0, 0.05) is 5.39 Å². The molecule has 0 spiro atoms. The number of nitrogens with zero attached hydrogens (tertiary/aromatic N) is 5. The van der Waals surface area contributed by atoms with Gasteiger partial charge in [0.1, 0.15) is 17.9 Å². The molecule has 1 N–H and O–H groups in total. The highest BCUT2D eigenvalue weighted by atomic mass is 16.5. The fourth-order valence-electron chi connectivity index (χ4n) is 3.64. The molecular formula is C26H18N6O2. The van der Waals surface area contributed by atoms with Crippen molar-refractivity contribution in [3.63, 3.8) is 0 Å². The van der Waals surface area contributed by atoms with E-state index in [2.05, 4.69) is 42.7 Å². The lowest BCUT2D eigenvalue weighted by atomic mass is 10.1. The van der Waals surface area contributed by atoms with Crippen molar-refractivity contribution in [2.75, 3.05) is 0 Å². The van der Waals surface area contributed by atoms with Crippen molar-refractivity contribution in [3.05, 3.63) is 95.7 Å². The lowest BCUT2D eigenvalue weighted by Gasteiger charge is -2.07. The maximum Gasteiger partial charge on any atom is 0.269 e. The first-order chi connectivity index (χ1) is 16.8. The smallest absolute Gasteiger partial charge is 0.269 e. The molecule has 0 atom stereocenters. The zero-order valence-corrected chi connectivity index (χ0v) is 17.9. The number of para-hydroxylation sites is 1. The molecule has 0 fully saturated rings. The third kappa shape index (κ3) is 4.12. The highest BCUT2D eigenvalue weighted by Gasteiger charge is 2.12. The van der Waals surface area contributed by atoms with Gasteiger partial charge in [-0.2, -0.15) is 5.21 Å². The summed E-state index contributed by atoms with van der Waals surface area (Å²) in [6.45, 7) is 0.396. The van der Waals surface area contributed by atoms with E-state index in [0.29, 0.717) is 23.9 Å². The molecule has 0 unspecified atom stereocenters. The summed E-state index contributed by atoms with van der Waals surface area (Å²) in [5.41, 5.74) is 5.24. The summed E-state index contributed by atoms with van der Waals surface area (Å²) in [7, 11) is 0. The highest BCUT2D eigenvalue weighted by molar-refractivity contribution is 5.81. The van der Waals surface area contributed by atoms with Crippen LogP contribution in [0.4, 0.5) is 0 Å². The molecule has 0 saturated carbocycles. The standard InChI is InChI=1S/C26H18N6O2/c1-2-7-22-19(5-1)10-12-20(27-22)11-8-17-4-3-6-21(14-17)33-16-18-9-13-23-24(15-18)34-26(28-23)25-29-31-32-30-25/h1-15H,16H2,(H,29,30,31,32). The Hall–Kier alpha value is -4.85. The molecule has 0 saturated heterocycles. The number of ether oxygens (including phenoxy) is 1. The Labute approximate surface area is 193 Å². The summed E-state index contributed by atoms with van der Waals surface area (Å²) >= 11 is 0. The second-order valence-corrected chi connectivity index (χ2v) is 7.68. The largest absolute Gasteiger partial charge is 0.489 e. The van der Waals surface area contributed by atoms with Crippen LogP contribution in [0.5, 0.6) is 5.75 Å². The molecule has 34 heavy (non-hydrogen) atoms. The van der Waals surface area contributed by atoms with E-state index >= 15 is 0 Å². The molecule has 8 heteroatoms. The molecule has 0 radical (unpaired) electrons. The second-order valence-electron chi connectivity index (χ2n) is 7.68. The van der Waals surface area contributed by atoms with E-state index < -0.39 is 0 Å². The van der Waals surface area contributed by atoms with Crippen LogP contribution in [0.3, 0.4) is 0 Å². The molecular weight excluding hydrogens is 428 g/mol. The number of hydrogen-bond donors (Lipinski definition) is 1. The number of oxazole rings is 1. The first-order valence-corrected chi connectivity index (χ1v) is 10.7. The van der Waals surface area contributed by atoms with Crippen LogP contribution in [0, 0.1) is 0 Å². The van der Waals surface area contributed by atoms with Crippen LogP contribution in [0.1, 0.15) is 16.8 Å². The molecule has 0 aliphatic rings. The minimum absolute atomic E-state index is 0.317. The Morgan fingerprint density at radius 3 is 2.76 bits per heavy atom. The third-order valence-electron chi connectivity index (χ3n) is 5.32. The number of benzene rings is 3. The number of H-pyrrole nitrogens is 1. The van der Waals surface area contributed by atoms with Gasteiger partial charge in [0.05, 0.1) is 11.2 Å². The van der Waals surface area contributed by atoms with Crippen molar-refractivity contribution in [2.24, 2.45) is 0 Å². The predicted molar refractivity (Wildman–Crippen MR) is 129 cm³/mol. The number of fused-ring (bicyclic) bond motifs is 2. The van der Waals surface area contributed by atoms with Gasteiger partial charge in [-0.1, -0.05) is 48.5 Å². The molecule has 8 nitrogen and oxygen atoms in total. The third-order valence-corrected chi connectivity index (χ3v) is 5.32. The molecule has 164 valence electrons. The van der Waals surface area contributed by atoms with Gasteiger partial charge in [0.25, 0.3) is 11.7 Å². The first-order valence-electron chi connectivity index (χ1n) is 10.7. The zero-order valence-electron chi connectivity index (χ0n) is 17.9. The molecule has 3 aromatic carbocycles. The van der Waals surface area contributed by atoms with Crippen LogP contribution in [-0.4, -0.2) is 30.6 Å². The Morgan fingerprint density at radius 1 is 0.853 bits per heavy atom. The monoisotopic (exact) mass is 446 g/mol. The Bertz CT molecular complexity index is 1620. The van der Waals surface area contributed by atoms with E-state index in [0.717, 1.165) is 39.0 Å². The first kappa shape index (κ1) is 19.8. The SMILES string of the molecule is C(=Cc1ccc2ccccc2n1)c1cccc(OCc2ccc3nc(-c4nn[nH]n4)oc3c2)c1. The number of aromatic nitrogens is 6. The van der Waals surface area contributed by atoms with Gasteiger partial charge in [-0.15, -0.1) is 10.2 Å². The molecule has 0 bridgehead atoms. The fraction of sp³-hybridized carbons (Fsp3) is 0.0385. The summed E-state index contributed by atoms with van der Waals surface area (Å²) in [6.07, 6.45) is 4.04. The molecule has 6 aromatic rings. The van der Waals surface area contributed by atoms with Crippen molar-refractivity contribution in [1.82, 2.24) is 30.6 Å². The van der Waals surface area contributed by atoms with Crippen LogP contribution in [-0.2, 0) is 6.61 Å². The number of nitrogens with one attached hydrogen (secondary N) is 1. The lowest BCUT2D eigenvalue weighted by Crippen LogP contribution is -1.95. The van der Waals surface area contributed by atoms with Gasteiger partial charge in [0.15, 0.2) is 5.58 Å². The fourth-order valence-corrected chi connectivity index (χ4v) is 3.64. The average Bonchev–Trinajstić information content (AvgIpc) is 3.56. The van der Waals surface area contributed by atoms with E-state index in [-0.39, 0.29) is 0 Å². The van der Waals surface area contributed by atoms with Gasteiger partial charge in [-0.3, -0.25) is 0 Å². The van der Waals surface area contributed by atoms with Crippen LogP contribution in [0.15, 0.2) is 83.3 Å². The summed E-state index contributed by atoms with van der Waals surface area (Å²) < 4.78 is 11.8. The molecule has 6 rings (SSSR count). The predicted octanol–water partition coefficient (Wildman–Crippen LogP) is 5.31. The average molecular weight is 446 g/mol. The Balaban J connectivity index is 1.15. The van der Waals surface area contributed by atoms with Crippen LogP contribution >= 0.6 is 0 Å². The highest BCUT2D eigenvalue weighted by Crippen LogP contribution is 2.23. The van der Waals surface area contributed by atoms with Crippen LogP contribution in [0.25, 0.3) is 45.9 Å². The van der Waals surface area contributed by atoms with Crippen molar-refractivity contribution < 1.29 is 9.15 Å². The van der Waals surface area contributed by atoms with Crippen LogP contribution < -0.4 is 4.74 Å². The second kappa shape index (κ2) is 8.59. The maximum absolute atomic E-state index is 6.02. The van der Waals surface area contributed by atoms with E-state index in [9.17, 15) is 0 Å². The quantitative estimate of drug-likeness (QED) is 0.370. The minimum Gasteiger partial charge on any atom is -0.489 e. The summed E-state index contributed by atoms with van der Waals surface area (Å²) in [5.74, 6) is 1.42. The van der Waals surface area contributed by atoms with E-state index in [4.69, 9.17) is 9.15 Å². The van der Waals surface area contributed by atoms with E-state index in [1.54, 1.807) is 0 Å². The van der Waals surface area contributed by atoms with Gasteiger partial charge >= 0.3 is 0 Å². The van der Waals surface area contributed by atoms with E-state index in [1.807, 2.05) is 78.9 Å². The molecule has 3 aromatic heterocycles. The molecule has 0 aliphatic carbocycles. The van der Waals surface area contributed by atoms with Gasteiger partial charge in [-0.25, -0.2) is 9.97 Å². The maximum atomic E-state index is 6.02. The Kier molecular flexibility index (Phi) is 5.00. The lowest BCUT2D eigenvalue weighted by molar-refractivity contribution is 0.306. The Morgan fingerprint density at radius 2 is 1.82 bits per heavy atom. The summed E-state index contributed by atoms with van der Waals surface area (Å²) in [5, 5.41) is 14.9. The molecule has 0 aliphatic heterocycles. The van der Waals surface area contributed by atoms with Gasteiger partial charge in [-0.05, 0) is 58.8 Å². The molecule has 3 heterocycles. The van der Waals surface area contributed by atoms with Crippen LogP contribution in [0.2, 0.25) is 0 Å². The summed E-state index contributed by atoms with van der Waals surface area (Å²) in [4.78, 5) is 9.07. The van der Waals surface area contributed by atoms with Crippen molar-refractivity contribution >= 4 is 34.2 Å². The van der Waals surface area contributed by atoms with E-state index in [1.165, 1.54) is 0 Å². The number of aromatic amines is 1. The number of tetrazole rings is 1. The number of rotatable bonds is 6. The zero-order chi connectivity index (χ0) is 22.7. The van der Waals surface area contributed by atoms with Crippen molar-refractivity contribution in [3.8, 4) is 17.5 Å². The van der Waals surface area contributed by atoms with Crippen molar-refractivity contribution in [1.29, 1.82) is 0 Å². The summed E-state index contributed by atoms with van der Waals surface area (Å²) in [6, 6.07) is 25.9. The molecule has 0 amide bonds. The van der Waals surface area contributed by atoms with Gasteiger partial charge in [0.2, 0.25) is 0 Å². The van der Waals surface area contributed by atoms with Crippen molar-refractivity contribution in [2.45, 2.75) is 6.61 Å². The normalized spacial score (nSPS) is 11.5. The van der Waals surface area contributed by atoms with Gasteiger partial charge < -0.3 is 9.15 Å². The topological polar surface area (TPSA) is 103 Å². The minimum atomic E-state index is 0.317. The number of hydrogen-bond acceptors (Lipinski definition) is 7. The number of pyridine rings is 1.